The maximum atomic E-state index is 11.7. The number of likely N-dealkylation sites (tertiary alicyclic amines) is 1. The van der Waals surface area contributed by atoms with Crippen molar-refractivity contribution < 1.29 is 14.3 Å². The van der Waals surface area contributed by atoms with Gasteiger partial charge in [-0.3, -0.25) is 0 Å². The summed E-state index contributed by atoms with van der Waals surface area (Å²) in [5, 5.41) is 0.801. The van der Waals surface area contributed by atoms with Crippen molar-refractivity contribution in [3.05, 3.63) is 34.9 Å². The highest BCUT2D eigenvalue weighted by molar-refractivity contribution is 6.30. The van der Waals surface area contributed by atoms with Crippen LogP contribution >= 0.6 is 11.6 Å². The van der Waals surface area contributed by atoms with Crippen LogP contribution in [-0.4, -0.2) is 42.9 Å². The summed E-state index contributed by atoms with van der Waals surface area (Å²) < 4.78 is 10.5. The Bertz CT molecular complexity index is 453. The van der Waals surface area contributed by atoms with E-state index in [9.17, 15) is 4.79 Å². The first kappa shape index (κ1) is 19.8. The van der Waals surface area contributed by atoms with Crippen molar-refractivity contribution in [2.45, 2.75) is 52.2 Å². The van der Waals surface area contributed by atoms with Gasteiger partial charge in [-0.1, -0.05) is 29.3 Å². The molecule has 1 aliphatic heterocycles. The highest BCUT2D eigenvalue weighted by atomic mass is 35.5. The molecule has 1 saturated heterocycles. The number of piperidine rings is 1. The van der Waals surface area contributed by atoms with E-state index in [1.54, 1.807) is 12.0 Å². The molecule has 4 nitrogen and oxygen atoms in total. The minimum absolute atomic E-state index is 0.211. The van der Waals surface area contributed by atoms with Gasteiger partial charge in [0, 0.05) is 25.2 Å². The Balaban J connectivity index is 0.000000277. The maximum absolute atomic E-state index is 11.7. The van der Waals surface area contributed by atoms with E-state index in [4.69, 9.17) is 21.1 Å². The van der Waals surface area contributed by atoms with Crippen LogP contribution in [0.2, 0.25) is 5.02 Å². The van der Waals surface area contributed by atoms with Gasteiger partial charge in [-0.15, -0.1) is 0 Å². The summed E-state index contributed by atoms with van der Waals surface area (Å²) in [5.74, 6) is 0. The summed E-state index contributed by atoms with van der Waals surface area (Å²) in [6.07, 6.45) is 1.88. The lowest BCUT2D eigenvalue weighted by Crippen LogP contribution is -2.43. The van der Waals surface area contributed by atoms with Crippen molar-refractivity contribution in [3.8, 4) is 0 Å². The molecule has 0 unspecified atom stereocenters. The number of methoxy groups -OCH3 is 1. The molecule has 1 heterocycles. The molecule has 0 aromatic heterocycles. The molecule has 130 valence electrons. The standard InChI is InChI=1S/C11H21NO3.C7H7Cl/c1-11(2,3)15-10(13)12-7-5-9(14-4)6-8-12;1-6-2-4-7(8)5-3-6/h9H,5-8H2,1-4H3;2-5H,1H3. The summed E-state index contributed by atoms with van der Waals surface area (Å²) in [5.41, 5.74) is 0.837. The van der Waals surface area contributed by atoms with E-state index in [-0.39, 0.29) is 6.09 Å². The van der Waals surface area contributed by atoms with Gasteiger partial charge < -0.3 is 14.4 Å². The van der Waals surface area contributed by atoms with Gasteiger partial charge >= 0.3 is 6.09 Å². The first-order chi connectivity index (χ1) is 10.7. The van der Waals surface area contributed by atoms with E-state index in [2.05, 4.69) is 0 Å². The number of amides is 1. The first-order valence-electron chi connectivity index (χ1n) is 7.94. The molecule has 2 rings (SSSR count). The van der Waals surface area contributed by atoms with Gasteiger partial charge in [0.1, 0.15) is 5.60 Å². The van der Waals surface area contributed by atoms with Crippen LogP contribution in [0.3, 0.4) is 0 Å². The molecule has 23 heavy (non-hydrogen) atoms. The second kappa shape index (κ2) is 9.14. The highest BCUT2D eigenvalue weighted by Gasteiger charge is 2.26. The van der Waals surface area contributed by atoms with Crippen molar-refractivity contribution >= 4 is 17.7 Å². The molecule has 0 atom stereocenters. The average molecular weight is 342 g/mol. The lowest BCUT2D eigenvalue weighted by atomic mass is 10.1. The average Bonchev–Trinajstić information content (AvgIpc) is 2.49. The number of aryl methyl sites for hydroxylation is 1. The zero-order valence-electron chi connectivity index (χ0n) is 14.8. The quantitative estimate of drug-likeness (QED) is 0.744. The van der Waals surface area contributed by atoms with Gasteiger partial charge in [-0.2, -0.15) is 0 Å². The van der Waals surface area contributed by atoms with Crippen molar-refractivity contribution in [1.82, 2.24) is 4.90 Å². The van der Waals surface area contributed by atoms with E-state index in [0.717, 1.165) is 31.0 Å². The van der Waals surface area contributed by atoms with E-state index in [0.29, 0.717) is 6.10 Å². The molecule has 1 fully saturated rings. The monoisotopic (exact) mass is 341 g/mol. The number of carbonyl (C=O) groups is 1. The molecule has 0 aliphatic carbocycles. The van der Waals surface area contributed by atoms with Crippen LogP contribution in [0, 0.1) is 6.92 Å². The van der Waals surface area contributed by atoms with Crippen LogP contribution in [0.1, 0.15) is 39.2 Å². The van der Waals surface area contributed by atoms with E-state index in [1.807, 2.05) is 52.0 Å². The van der Waals surface area contributed by atoms with Gasteiger partial charge in [0.05, 0.1) is 6.10 Å². The fourth-order valence-electron chi connectivity index (χ4n) is 2.13. The smallest absolute Gasteiger partial charge is 0.410 e. The topological polar surface area (TPSA) is 38.8 Å². The molecule has 0 radical (unpaired) electrons. The maximum Gasteiger partial charge on any atom is 0.410 e. The summed E-state index contributed by atoms with van der Waals surface area (Å²) in [6.45, 7) is 9.14. The zero-order chi connectivity index (χ0) is 17.5. The number of carbonyl (C=O) groups excluding carboxylic acids is 1. The lowest BCUT2D eigenvalue weighted by molar-refractivity contribution is 0.00173. The number of benzene rings is 1. The van der Waals surface area contributed by atoms with E-state index < -0.39 is 5.60 Å². The van der Waals surface area contributed by atoms with Gasteiger partial charge in [0.2, 0.25) is 0 Å². The third-order valence-corrected chi connectivity index (χ3v) is 3.69. The fourth-order valence-corrected chi connectivity index (χ4v) is 2.26. The van der Waals surface area contributed by atoms with Crippen molar-refractivity contribution in [1.29, 1.82) is 0 Å². The third-order valence-electron chi connectivity index (χ3n) is 3.44. The fraction of sp³-hybridized carbons (Fsp3) is 0.611. The van der Waals surface area contributed by atoms with Crippen LogP contribution in [-0.2, 0) is 9.47 Å². The van der Waals surface area contributed by atoms with Crippen molar-refractivity contribution in [2.75, 3.05) is 20.2 Å². The number of nitrogens with zero attached hydrogens (tertiary/aromatic N) is 1. The molecule has 0 bridgehead atoms. The van der Waals surface area contributed by atoms with Crippen LogP contribution in [0.25, 0.3) is 0 Å². The van der Waals surface area contributed by atoms with Gasteiger partial charge in [0.25, 0.3) is 0 Å². The van der Waals surface area contributed by atoms with Gasteiger partial charge in [-0.25, -0.2) is 4.79 Å². The Kier molecular flexibility index (Phi) is 7.86. The molecule has 1 amide bonds. The Labute approximate surface area is 144 Å². The summed E-state index contributed by atoms with van der Waals surface area (Å²) in [7, 11) is 1.72. The Morgan fingerprint density at radius 3 is 2.09 bits per heavy atom. The number of halogens is 1. The Morgan fingerprint density at radius 2 is 1.70 bits per heavy atom. The molecule has 0 saturated carbocycles. The molecule has 0 spiro atoms. The molecule has 0 N–H and O–H groups in total. The third kappa shape index (κ3) is 8.24. The van der Waals surface area contributed by atoms with Crippen LogP contribution < -0.4 is 0 Å². The summed E-state index contributed by atoms with van der Waals surface area (Å²) >= 11 is 5.61. The normalized spacial score (nSPS) is 15.7. The minimum atomic E-state index is -0.408. The zero-order valence-corrected chi connectivity index (χ0v) is 15.5. The van der Waals surface area contributed by atoms with E-state index >= 15 is 0 Å². The van der Waals surface area contributed by atoms with Crippen molar-refractivity contribution in [2.24, 2.45) is 0 Å². The van der Waals surface area contributed by atoms with Crippen LogP contribution in [0.5, 0.6) is 0 Å². The second-order valence-electron chi connectivity index (χ2n) is 6.70. The summed E-state index contributed by atoms with van der Waals surface area (Å²) in [4.78, 5) is 13.4. The molecule has 1 aliphatic rings. The molecular weight excluding hydrogens is 314 g/mol. The van der Waals surface area contributed by atoms with Crippen LogP contribution in [0.4, 0.5) is 4.79 Å². The van der Waals surface area contributed by atoms with Crippen LogP contribution in [0.15, 0.2) is 24.3 Å². The van der Waals surface area contributed by atoms with Gasteiger partial charge in [0.15, 0.2) is 0 Å². The Hall–Kier alpha value is -1.26. The number of hydrogen-bond donors (Lipinski definition) is 0. The Morgan fingerprint density at radius 1 is 1.17 bits per heavy atom. The number of rotatable bonds is 1. The summed E-state index contributed by atoms with van der Waals surface area (Å²) in [6, 6.07) is 7.75. The second-order valence-corrected chi connectivity index (χ2v) is 7.13. The van der Waals surface area contributed by atoms with E-state index in [1.165, 1.54) is 5.56 Å². The van der Waals surface area contributed by atoms with Gasteiger partial charge in [-0.05, 0) is 52.7 Å². The molecule has 1 aromatic rings. The first-order valence-corrected chi connectivity index (χ1v) is 8.32. The molecular formula is C18H28ClNO3. The predicted molar refractivity (Wildman–Crippen MR) is 94.0 cm³/mol. The highest BCUT2D eigenvalue weighted by Crippen LogP contribution is 2.16. The molecule has 1 aromatic carbocycles. The SMILES string of the molecule is COC1CCN(C(=O)OC(C)(C)C)CC1.Cc1ccc(Cl)cc1. The minimum Gasteiger partial charge on any atom is -0.444 e. The number of hydrogen-bond acceptors (Lipinski definition) is 3. The predicted octanol–water partition coefficient (Wildman–Crippen LogP) is 4.68. The lowest BCUT2D eigenvalue weighted by Gasteiger charge is -2.32. The molecule has 5 heteroatoms. The largest absolute Gasteiger partial charge is 0.444 e. The van der Waals surface area contributed by atoms with Crippen molar-refractivity contribution in [3.63, 3.8) is 0 Å². The number of ether oxygens (including phenoxy) is 2.